The van der Waals surface area contributed by atoms with E-state index in [1.807, 2.05) is 18.2 Å². The minimum atomic E-state index is -0.969. The third kappa shape index (κ3) is 9.85. The zero-order valence-corrected chi connectivity index (χ0v) is 18.3. The Bertz CT molecular complexity index is 526. The summed E-state index contributed by atoms with van der Waals surface area (Å²) in [5, 5.41) is 39.0. The number of hydrogen-bond acceptors (Lipinski definition) is 7. The van der Waals surface area contributed by atoms with Crippen molar-refractivity contribution < 1.29 is 43.0 Å². The Morgan fingerprint density at radius 1 is 0.862 bits per heavy atom. The van der Waals surface area contributed by atoms with Crippen LogP contribution in [-0.2, 0) is 23.6 Å². The molecule has 1 aromatic rings. The maximum atomic E-state index is 10.1. The van der Waals surface area contributed by atoms with Crippen LogP contribution in [0.2, 0.25) is 0 Å². The van der Waals surface area contributed by atoms with Gasteiger partial charge in [-0.05, 0) is 12.5 Å². The summed E-state index contributed by atoms with van der Waals surface area (Å²) >= 11 is 0. The molecule has 0 amide bonds. The summed E-state index contributed by atoms with van der Waals surface area (Å²) in [6, 6.07) is 9.83. The number of β-amino-alcohol motifs (C(OH)–C–C–N with tert-alkyl or cyclic N) is 1. The number of benzene rings is 1. The quantitative estimate of drug-likeness (QED) is 0.348. The molecule has 0 radical (unpaired) electrons. The molecule has 1 aliphatic heterocycles. The zero-order chi connectivity index (χ0) is 19.6. The van der Waals surface area contributed by atoms with E-state index in [1.165, 1.54) is 5.56 Å². The summed E-state index contributed by atoms with van der Waals surface area (Å²) in [4.78, 5) is 6.64. The Morgan fingerprint density at radius 2 is 1.41 bits per heavy atom. The van der Waals surface area contributed by atoms with Crippen LogP contribution in [0.5, 0.6) is 0 Å². The van der Waals surface area contributed by atoms with Crippen molar-refractivity contribution in [1.29, 1.82) is 0 Å². The van der Waals surface area contributed by atoms with Gasteiger partial charge >= 0.3 is 17.1 Å². The average molecular weight is 455 g/mol. The number of nitrogens with zero attached hydrogens (tertiary/aromatic N) is 3. The van der Waals surface area contributed by atoms with Gasteiger partial charge in [-0.25, -0.2) is 0 Å². The second kappa shape index (κ2) is 15.3. The van der Waals surface area contributed by atoms with Crippen LogP contribution in [0.3, 0.4) is 0 Å². The predicted molar refractivity (Wildman–Crippen MR) is 109 cm³/mol. The fourth-order valence-corrected chi connectivity index (χ4v) is 3.65. The van der Waals surface area contributed by atoms with Crippen molar-refractivity contribution in [1.82, 2.24) is 14.7 Å². The Balaban J connectivity index is 0.00000392. The van der Waals surface area contributed by atoms with Gasteiger partial charge in [0.25, 0.3) is 0 Å². The van der Waals surface area contributed by atoms with E-state index in [0.29, 0.717) is 19.6 Å². The molecule has 1 fully saturated rings. The normalized spacial score (nSPS) is 20.3. The van der Waals surface area contributed by atoms with E-state index in [-0.39, 0.29) is 35.8 Å². The molecule has 0 unspecified atom stereocenters. The van der Waals surface area contributed by atoms with E-state index in [2.05, 4.69) is 26.8 Å². The van der Waals surface area contributed by atoms with E-state index in [4.69, 9.17) is 0 Å². The van der Waals surface area contributed by atoms with Gasteiger partial charge in [0, 0.05) is 52.4 Å². The van der Waals surface area contributed by atoms with E-state index in [0.717, 1.165) is 32.7 Å². The van der Waals surface area contributed by atoms with Crippen LogP contribution >= 0.6 is 0 Å². The number of aliphatic hydroxyl groups is 4. The first-order chi connectivity index (χ1) is 13.0. The second-order valence-electron chi connectivity index (χ2n) is 7.45. The molecule has 1 aromatic carbocycles. The van der Waals surface area contributed by atoms with Crippen LogP contribution < -0.4 is 0 Å². The molecule has 3 atom stereocenters. The second-order valence-corrected chi connectivity index (χ2v) is 7.45. The van der Waals surface area contributed by atoms with Gasteiger partial charge in [-0.3, -0.25) is 14.7 Å². The van der Waals surface area contributed by atoms with Crippen LogP contribution in [-0.4, -0.2) is 118 Å². The fraction of sp³-hybridized carbons (Fsp3) is 0.700. The zero-order valence-electron chi connectivity index (χ0n) is 17.2. The smallest absolute Gasteiger partial charge is 0.412 e. The summed E-state index contributed by atoms with van der Waals surface area (Å²) in [6.07, 6.45) is -1.37. The van der Waals surface area contributed by atoms with Crippen LogP contribution in [0.4, 0.5) is 0 Å². The van der Waals surface area contributed by atoms with E-state index >= 15 is 0 Å². The maximum absolute atomic E-state index is 10.1. The molecule has 0 aromatic heterocycles. The van der Waals surface area contributed by atoms with E-state index in [9.17, 15) is 20.4 Å². The fourth-order valence-electron chi connectivity index (χ4n) is 3.65. The first-order valence-corrected chi connectivity index (χ1v) is 9.84. The van der Waals surface area contributed by atoms with Crippen LogP contribution in [0.25, 0.3) is 0 Å². The monoisotopic (exact) mass is 455 g/mol. The molecule has 8 nitrogen and oxygen atoms in total. The molecule has 1 heterocycles. The topological polar surface area (TPSA) is 122 Å². The molecule has 29 heavy (non-hydrogen) atoms. The summed E-state index contributed by atoms with van der Waals surface area (Å²) in [5.74, 6) is 0. The molecule has 0 aliphatic carbocycles. The van der Waals surface area contributed by atoms with Gasteiger partial charge < -0.3 is 25.9 Å². The molecule has 9 heteroatoms. The van der Waals surface area contributed by atoms with Crippen molar-refractivity contribution >= 4 is 0 Å². The summed E-state index contributed by atoms with van der Waals surface area (Å²) in [5.41, 5.74) is 1.25. The van der Waals surface area contributed by atoms with Crippen molar-refractivity contribution in [3.8, 4) is 0 Å². The molecule has 1 aliphatic rings. The predicted octanol–water partition coefficient (Wildman–Crippen LogP) is -1.63. The van der Waals surface area contributed by atoms with Crippen molar-refractivity contribution in [3.63, 3.8) is 0 Å². The maximum Gasteiger partial charge on any atom is 6.00 e. The Labute approximate surface area is 184 Å². The molecule has 164 valence electrons. The molecule has 2 rings (SSSR count). The standard InChI is InChI=1S/C20H35N3O4.Fe.H2O/c1-17(26)13-21-7-8-22(14-18-5-3-2-4-6-18)10-12-23(11-9-21)19(15-24)20(27)16-25;;/h2-6,17,19-20,24-27H,7-16H2,1H3;;1H2/q;+6;/t17-,19+,20+;;/m0../s1. The summed E-state index contributed by atoms with van der Waals surface area (Å²) < 4.78 is 0. The number of rotatable bonds is 8. The van der Waals surface area contributed by atoms with Gasteiger partial charge in [-0.15, -0.1) is 0 Å². The minimum absolute atomic E-state index is 0. The van der Waals surface area contributed by atoms with Crippen LogP contribution in [0, 0.1) is 0 Å². The molecule has 0 saturated carbocycles. The van der Waals surface area contributed by atoms with Crippen LogP contribution in [0.1, 0.15) is 12.5 Å². The number of hydrogen-bond donors (Lipinski definition) is 4. The summed E-state index contributed by atoms with van der Waals surface area (Å²) in [6.45, 7) is 7.35. The van der Waals surface area contributed by atoms with E-state index < -0.39 is 18.2 Å². The molecule has 0 bridgehead atoms. The largest absolute Gasteiger partial charge is 6.00 e. The Morgan fingerprint density at radius 3 is 1.97 bits per heavy atom. The number of aliphatic hydroxyl groups excluding tert-OH is 4. The third-order valence-corrected chi connectivity index (χ3v) is 5.20. The molecule has 1 saturated heterocycles. The van der Waals surface area contributed by atoms with Crippen molar-refractivity contribution in [3.05, 3.63) is 35.9 Å². The SMILES string of the molecule is C[C@H](O)CN1CCN(Cc2ccccc2)CCN([C@H](CO)[C@H](O)CO)CC1.O.[Fe+6]. The van der Waals surface area contributed by atoms with Gasteiger partial charge in [0.15, 0.2) is 0 Å². The van der Waals surface area contributed by atoms with Gasteiger partial charge in [0.1, 0.15) is 0 Å². The Hall–Kier alpha value is -0.581. The molecule has 0 spiro atoms. The van der Waals surface area contributed by atoms with Crippen molar-refractivity contribution in [2.24, 2.45) is 0 Å². The van der Waals surface area contributed by atoms with Gasteiger partial charge in [0.2, 0.25) is 0 Å². The van der Waals surface area contributed by atoms with Crippen molar-refractivity contribution in [2.45, 2.75) is 31.7 Å². The van der Waals surface area contributed by atoms with Gasteiger partial charge in [-0.2, -0.15) is 0 Å². The average Bonchev–Trinajstić information content (AvgIpc) is 2.75. The van der Waals surface area contributed by atoms with E-state index in [1.54, 1.807) is 6.92 Å². The van der Waals surface area contributed by atoms with Gasteiger partial charge in [0.05, 0.1) is 31.5 Å². The molecular weight excluding hydrogens is 418 g/mol. The Kier molecular flexibility index (Phi) is 15.0. The first kappa shape index (κ1) is 28.4. The molecule has 6 N–H and O–H groups in total. The van der Waals surface area contributed by atoms with Gasteiger partial charge in [-0.1, -0.05) is 30.3 Å². The van der Waals surface area contributed by atoms with Crippen molar-refractivity contribution in [2.75, 3.05) is 59.0 Å². The summed E-state index contributed by atoms with van der Waals surface area (Å²) in [7, 11) is 0. The third-order valence-electron chi connectivity index (χ3n) is 5.20. The van der Waals surface area contributed by atoms with Crippen LogP contribution in [0.15, 0.2) is 30.3 Å². The first-order valence-electron chi connectivity index (χ1n) is 9.84. The minimum Gasteiger partial charge on any atom is -0.412 e. The molecular formula is C20H37FeN3O5+6.